The van der Waals surface area contributed by atoms with Gasteiger partial charge in [-0.25, -0.2) is 0 Å². The molecule has 0 bridgehead atoms. The summed E-state index contributed by atoms with van der Waals surface area (Å²) < 4.78 is 12.2. The predicted molar refractivity (Wildman–Crippen MR) is 97.3 cm³/mol. The van der Waals surface area contributed by atoms with E-state index in [0.29, 0.717) is 23.7 Å². The van der Waals surface area contributed by atoms with Gasteiger partial charge in [0.2, 0.25) is 0 Å². The Kier molecular flexibility index (Phi) is 5.47. The molecule has 2 heterocycles. The Morgan fingerprint density at radius 1 is 1.23 bits per heavy atom. The van der Waals surface area contributed by atoms with Gasteiger partial charge >= 0.3 is 0 Å². The van der Waals surface area contributed by atoms with Gasteiger partial charge in [0, 0.05) is 4.88 Å². The number of ether oxygens (including phenoxy) is 2. The maximum atomic E-state index is 12.6. The van der Waals surface area contributed by atoms with Crippen LogP contribution in [-0.2, 0) is 0 Å². The van der Waals surface area contributed by atoms with Gasteiger partial charge in [-0.15, -0.1) is 16.4 Å². The Hall–Kier alpha value is -2.94. The maximum Gasteiger partial charge on any atom is 0.254 e. The second-order valence-corrected chi connectivity index (χ2v) is 6.70. The molecule has 1 N–H and O–H groups in total. The van der Waals surface area contributed by atoms with E-state index in [0.717, 1.165) is 21.9 Å². The predicted octanol–water partition coefficient (Wildman–Crippen LogP) is 2.16. The topological polar surface area (TPSA) is 91.2 Å². The van der Waals surface area contributed by atoms with Crippen LogP contribution in [0.5, 0.6) is 11.5 Å². The summed E-state index contributed by atoms with van der Waals surface area (Å²) in [4.78, 5) is 13.7. The number of hydrogen-bond donors (Lipinski definition) is 1. The highest BCUT2D eigenvalue weighted by atomic mass is 32.1. The van der Waals surface area contributed by atoms with Gasteiger partial charge in [0.1, 0.15) is 29.4 Å². The van der Waals surface area contributed by atoms with Crippen LogP contribution in [0.3, 0.4) is 0 Å². The number of hydrogen-bond acceptors (Lipinski definition) is 7. The summed E-state index contributed by atoms with van der Waals surface area (Å²) >= 11 is 1.48. The van der Waals surface area contributed by atoms with Gasteiger partial charge in [-0.3, -0.25) is 4.79 Å². The molecule has 0 saturated heterocycles. The fourth-order valence-corrected chi connectivity index (χ4v) is 3.46. The fraction of sp³-hybridized carbons (Fsp3) is 0.294. The maximum absolute atomic E-state index is 12.6. The lowest BCUT2D eigenvalue weighted by molar-refractivity contribution is 0.0946. The number of tetrazole rings is 1. The normalized spacial score (nSPS) is 10.6. The first-order chi connectivity index (χ1) is 12.6. The Labute approximate surface area is 154 Å². The smallest absolute Gasteiger partial charge is 0.254 e. The van der Waals surface area contributed by atoms with Crippen molar-refractivity contribution in [3.63, 3.8) is 0 Å². The number of nitrogens with zero attached hydrogens (tertiary/aromatic N) is 4. The molecule has 0 spiro atoms. The average molecular weight is 373 g/mol. The van der Waals surface area contributed by atoms with Crippen LogP contribution in [-0.4, -0.2) is 46.4 Å². The molecule has 0 saturated carbocycles. The van der Waals surface area contributed by atoms with E-state index in [2.05, 4.69) is 20.8 Å². The molecule has 9 heteroatoms. The summed E-state index contributed by atoms with van der Waals surface area (Å²) in [6.07, 6.45) is 1.48. The molecule has 0 aliphatic carbocycles. The largest absolute Gasteiger partial charge is 0.497 e. The molecule has 0 atom stereocenters. The van der Waals surface area contributed by atoms with Gasteiger partial charge in [-0.2, -0.15) is 4.68 Å². The zero-order chi connectivity index (χ0) is 18.5. The minimum absolute atomic E-state index is 0.171. The molecule has 0 unspecified atom stereocenters. The van der Waals surface area contributed by atoms with Crippen LogP contribution in [0.15, 0.2) is 30.6 Å². The molecular formula is C17H19N5O3S. The van der Waals surface area contributed by atoms with Crippen molar-refractivity contribution in [1.82, 2.24) is 25.5 Å². The first-order valence-corrected chi connectivity index (χ1v) is 8.80. The minimum atomic E-state index is -0.171. The van der Waals surface area contributed by atoms with Crippen LogP contribution in [0, 0.1) is 13.8 Å². The molecule has 0 fully saturated rings. The van der Waals surface area contributed by atoms with E-state index in [9.17, 15) is 4.79 Å². The highest BCUT2D eigenvalue weighted by Crippen LogP contribution is 2.30. The van der Waals surface area contributed by atoms with Crippen molar-refractivity contribution in [2.24, 2.45) is 0 Å². The number of aryl methyl sites for hydroxylation is 1. The van der Waals surface area contributed by atoms with Crippen molar-refractivity contribution in [3.05, 3.63) is 46.6 Å². The quantitative estimate of drug-likeness (QED) is 0.638. The molecule has 1 aromatic carbocycles. The SMILES string of the molecule is COc1ccc(OCCNC(=O)c2c(-n3cnnn3)sc(C)c2C)cc1. The van der Waals surface area contributed by atoms with Gasteiger partial charge in [-0.1, -0.05) is 0 Å². The summed E-state index contributed by atoms with van der Waals surface area (Å²) in [6.45, 7) is 4.63. The number of rotatable bonds is 7. The van der Waals surface area contributed by atoms with E-state index in [1.54, 1.807) is 7.11 Å². The van der Waals surface area contributed by atoms with Crippen molar-refractivity contribution in [2.75, 3.05) is 20.3 Å². The standard InChI is InChI=1S/C17H19N5O3S/c1-11-12(2)26-17(22-10-19-20-21-22)15(11)16(23)18-8-9-25-14-6-4-13(24-3)5-7-14/h4-7,10H,8-9H2,1-3H3,(H,18,23). The lowest BCUT2D eigenvalue weighted by Gasteiger charge is -2.09. The van der Waals surface area contributed by atoms with E-state index < -0.39 is 0 Å². The third kappa shape index (κ3) is 3.83. The molecule has 0 aliphatic rings. The van der Waals surface area contributed by atoms with Crippen LogP contribution in [0.2, 0.25) is 0 Å². The van der Waals surface area contributed by atoms with Gasteiger partial charge in [0.15, 0.2) is 0 Å². The van der Waals surface area contributed by atoms with E-state index >= 15 is 0 Å². The number of carbonyl (C=O) groups excluding carboxylic acids is 1. The number of carbonyl (C=O) groups is 1. The van der Waals surface area contributed by atoms with Gasteiger partial charge in [0.05, 0.1) is 19.2 Å². The second kappa shape index (κ2) is 7.96. The molecule has 3 aromatic rings. The molecule has 1 amide bonds. The van der Waals surface area contributed by atoms with E-state index in [4.69, 9.17) is 9.47 Å². The first-order valence-electron chi connectivity index (χ1n) is 7.98. The van der Waals surface area contributed by atoms with Crippen molar-refractivity contribution >= 4 is 17.2 Å². The zero-order valence-corrected chi connectivity index (χ0v) is 15.5. The van der Waals surface area contributed by atoms with Crippen molar-refractivity contribution < 1.29 is 14.3 Å². The number of nitrogens with one attached hydrogen (secondary N) is 1. The van der Waals surface area contributed by atoms with E-state index in [1.807, 2.05) is 38.1 Å². The van der Waals surface area contributed by atoms with Crippen LogP contribution in [0.1, 0.15) is 20.8 Å². The lowest BCUT2D eigenvalue weighted by atomic mass is 10.1. The summed E-state index contributed by atoms with van der Waals surface area (Å²) in [7, 11) is 1.61. The second-order valence-electron chi connectivity index (χ2n) is 5.50. The van der Waals surface area contributed by atoms with Crippen LogP contribution < -0.4 is 14.8 Å². The Bertz CT molecular complexity index is 875. The highest BCUT2D eigenvalue weighted by molar-refractivity contribution is 7.15. The van der Waals surface area contributed by atoms with Gasteiger partial charge < -0.3 is 14.8 Å². The Morgan fingerprint density at radius 3 is 2.62 bits per heavy atom. The van der Waals surface area contributed by atoms with Crippen molar-refractivity contribution in [2.45, 2.75) is 13.8 Å². The number of thiophene rings is 1. The molecular weight excluding hydrogens is 354 g/mol. The zero-order valence-electron chi connectivity index (χ0n) is 14.7. The molecule has 26 heavy (non-hydrogen) atoms. The summed E-state index contributed by atoms with van der Waals surface area (Å²) in [5.74, 6) is 1.32. The van der Waals surface area contributed by atoms with Crippen LogP contribution in [0.25, 0.3) is 5.00 Å². The molecule has 0 aliphatic heterocycles. The Balaban J connectivity index is 1.60. The van der Waals surface area contributed by atoms with Crippen LogP contribution in [0.4, 0.5) is 0 Å². The number of methoxy groups -OCH3 is 1. The monoisotopic (exact) mass is 373 g/mol. The molecule has 136 valence electrons. The summed E-state index contributed by atoms with van der Waals surface area (Å²) in [6, 6.07) is 7.29. The molecule has 8 nitrogen and oxygen atoms in total. The van der Waals surface area contributed by atoms with Gasteiger partial charge in [-0.05, 0) is 54.1 Å². The molecule has 0 radical (unpaired) electrons. The lowest BCUT2D eigenvalue weighted by Crippen LogP contribution is -2.29. The average Bonchev–Trinajstić information content (AvgIpc) is 3.28. The van der Waals surface area contributed by atoms with Crippen molar-refractivity contribution in [3.8, 4) is 16.5 Å². The van der Waals surface area contributed by atoms with E-state index in [-0.39, 0.29) is 5.91 Å². The van der Waals surface area contributed by atoms with E-state index in [1.165, 1.54) is 22.3 Å². The Morgan fingerprint density at radius 2 is 1.96 bits per heavy atom. The third-order valence-corrected chi connectivity index (χ3v) is 5.06. The van der Waals surface area contributed by atoms with Gasteiger partial charge in [0.25, 0.3) is 5.91 Å². The minimum Gasteiger partial charge on any atom is -0.497 e. The van der Waals surface area contributed by atoms with Crippen molar-refractivity contribution in [1.29, 1.82) is 0 Å². The van der Waals surface area contributed by atoms with Crippen LogP contribution >= 0.6 is 11.3 Å². The third-order valence-electron chi connectivity index (χ3n) is 3.87. The number of benzene rings is 1. The molecule has 3 rings (SSSR count). The summed E-state index contributed by atoms with van der Waals surface area (Å²) in [5, 5.41) is 14.8. The fourth-order valence-electron chi connectivity index (χ4n) is 2.39. The number of aromatic nitrogens is 4. The molecule has 2 aromatic heterocycles. The first kappa shape index (κ1) is 17.9. The highest BCUT2D eigenvalue weighted by Gasteiger charge is 2.21. The summed E-state index contributed by atoms with van der Waals surface area (Å²) in [5.41, 5.74) is 1.51. The number of amides is 1.